The molecular formula is C15H12BrN3O3. The number of rotatable bonds is 4. The zero-order valence-electron chi connectivity index (χ0n) is 11.7. The molecule has 0 fully saturated rings. The van der Waals surface area contributed by atoms with Crippen molar-refractivity contribution in [1.82, 2.24) is 10.1 Å². The molecule has 0 spiro atoms. The van der Waals surface area contributed by atoms with Crippen molar-refractivity contribution in [2.75, 3.05) is 5.32 Å². The number of carbonyl (C=O) groups is 1. The van der Waals surface area contributed by atoms with Gasteiger partial charge in [0.25, 0.3) is 5.91 Å². The van der Waals surface area contributed by atoms with E-state index in [-0.39, 0.29) is 11.7 Å². The molecule has 0 radical (unpaired) electrons. The van der Waals surface area contributed by atoms with Gasteiger partial charge in [0, 0.05) is 5.69 Å². The Hall–Kier alpha value is -2.41. The summed E-state index contributed by atoms with van der Waals surface area (Å²) in [5, 5.41) is 6.58. The molecule has 3 rings (SSSR count). The third-order valence-electron chi connectivity index (χ3n) is 2.97. The minimum absolute atomic E-state index is 0.232. The number of benzene rings is 1. The van der Waals surface area contributed by atoms with Gasteiger partial charge in [-0.1, -0.05) is 23.4 Å². The fourth-order valence-corrected chi connectivity index (χ4v) is 2.30. The predicted octanol–water partition coefficient (Wildman–Crippen LogP) is 3.58. The van der Waals surface area contributed by atoms with Crippen molar-refractivity contribution in [3.63, 3.8) is 0 Å². The number of hydrogen-bond acceptors (Lipinski definition) is 5. The van der Waals surface area contributed by atoms with Crippen LogP contribution in [-0.2, 0) is 6.42 Å². The van der Waals surface area contributed by atoms with Crippen LogP contribution in [0.25, 0.3) is 0 Å². The van der Waals surface area contributed by atoms with E-state index in [4.69, 9.17) is 8.94 Å². The Morgan fingerprint density at radius 1 is 1.27 bits per heavy atom. The van der Waals surface area contributed by atoms with Gasteiger partial charge < -0.3 is 14.3 Å². The van der Waals surface area contributed by atoms with Crippen molar-refractivity contribution in [2.45, 2.75) is 13.3 Å². The van der Waals surface area contributed by atoms with Crippen LogP contribution in [0, 0.1) is 6.92 Å². The smallest absolute Gasteiger partial charge is 0.291 e. The monoisotopic (exact) mass is 361 g/mol. The molecule has 1 aromatic carbocycles. The molecule has 0 saturated heterocycles. The molecule has 0 aliphatic carbocycles. The van der Waals surface area contributed by atoms with Crippen LogP contribution >= 0.6 is 15.9 Å². The van der Waals surface area contributed by atoms with Crippen LogP contribution in [-0.4, -0.2) is 16.0 Å². The third-order valence-corrected chi connectivity index (χ3v) is 3.40. The molecule has 6 nitrogen and oxygen atoms in total. The Morgan fingerprint density at radius 3 is 2.77 bits per heavy atom. The number of nitrogens with zero attached hydrogens (tertiary/aromatic N) is 2. The fourth-order valence-electron chi connectivity index (χ4n) is 1.99. The Labute approximate surface area is 134 Å². The summed E-state index contributed by atoms with van der Waals surface area (Å²) < 4.78 is 10.9. The normalized spacial score (nSPS) is 10.6. The summed E-state index contributed by atoms with van der Waals surface area (Å²) in [4.78, 5) is 16.3. The zero-order chi connectivity index (χ0) is 15.5. The lowest BCUT2D eigenvalue weighted by molar-refractivity contribution is 0.0995. The standard InChI is InChI=1S/C15H12BrN3O3/c1-9-17-14(22-19-9)8-10-4-2-3-5-11(10)18-15(20)12-6-7-13(16)21-12/h2-7H,8H2,1H3,(H,18,20). The summed E-state index contributed by atoms with van der Waals surface area (Å²) in [6.07, 6.45) is 0.444. The van der Waals surface area contributed by atoms with E-state index in [9.17, 15) is 4.79 Å². The van der Waals surface area contributed by atoms with E-state index in [2.05, 4.69) is 31.4 Å². The van der Waals surface area contributed by atoms with Crippen LogP contribution in [0.4, 0.5) is 5.69 Å². The first-order valence-corrected chi connectivity index (χ1v) is 7.35. The number of carbonyl (C=O) groups excluding carboxylic acids is 1. The topological polar surface area (TPSA) is 81.2 Å². The van der Waals surface area contributed by atoms with Gasteiger partial charge in [0.15, 0.2) is 16.3 Å². The first kappa shape index (κ1) is 14.5. The molecule has 0 aliphatic heterocycles. The van der Waals surface area contributed by atoms with Crippen molar-refractivity contribution in [3.05, 3.63) is 64.1 Å². The summed E-state index contributed by atoms with van der Waals surface area (Å²) in [5.41, 5.74) is 1.56. The molecule has 0 saturated carbocycles. The van der Waals surface area contributed by atoms with E-state index >= 15 is 0 Å². The van der Waals surface area contributed by atoms with Crippen molar-refractivity contribution in [1.29, 1.82) is 0 Å². The maximum atomic E-state index is 12.2. The van der Waals surface area contributed by atoms with Crippen LogP contribution < -0.4 is 5.32 Å². The number of amides is 1. The minimum atomic E-state index is -0.320. The van der Waals surface area contributed by atoms with Crippen LogP contribution in [0.5, 0.6) is 0 Å². The van der Waals surface area contributed by atoms with Gasteiger partial charge in [-0.15, -0.1) is 0 Å². The maximum Gasteiger partial charge on any atom is 0.291 e. The second kappa shape index (κ2) is 6.15. The van der Waals surface area contributed by atoms with Gasteiger partial charge in [-0.25, -0.2) is 0 Å². The van der Waals surface area contributed by atoms with Gasteiger partial charge in [-0.05, 0) is 46.6 Å². The number of aromatic nitrogens is 2. The Bertz CT molecular complexity index is 810. The van der Waals surface area contributed by atoms with E-state index in [1.807, 2.05) is 24.3 Å². The van der Waals surface area contributed by atoms with E-state index in [0.29, 0.717) is 28.5 Å². The van der Waals surface area contributed by atoms with Crippen molar-refractivity contribution >= 4 is 27.5 Å². The predicted molar refractivity (Wildman–Crippen MR) is 82.6 cm³/mol. The second-order valence-electron chi connectivity index (χ2n) is 4.63. The summed E-state index contributed by atoms with van der Waals surface area (Å²) >= 11 is 3.17. The lowest BCUT2D eigenvalue weighted by Gasteiger charge is -2.08. The highest BCUT2D eigenvalue weighted by Gasteiger charge is 2.14. The molecule has 7 heteroatoms. The largest absolute Gasteiger partial charge is 0.444 e. The lowest BCUT2D eigenvalue weighted by atomic mass is 10.1. The second-order valence-corrected chi connectivity index (χ2v) is 5.41. The molecule has 0 aliphatic rings. The minimum Gasteiger partial charge on any atom is -0.444 e. The summed E-state index contributed by atoms with van der Waals surface area (Å²) in [7, 11) is 0. The average Bonchev–Trinajstić information content (AvgIpc) is 3.10. The molecule has 22 heavy (non-hydrogen) atoms. The molecule has 2 heterocycles. The quantitative estimate of drug-likeness (QED) is 0.767. The number of anilines is 1. The van der Waals surface area contributed by atoms with Crippen molar-refractivity contribution < 1.29 is 13.7 Å². The number of hydrogen-bond donors (Lipinski definition) is 1. The number of furan rings is 1. The van der Waals surface area contributed by atoms with Crippen LogP contribution in [0.1, 0.15) is 27.8 Å². The number of nitrogens with one attached hydrogen (secondary N) is 1. The van der Waals surface area contributed by atoms with Crippen molar-refractivity contribution in [2.24, 2.45) is 0 Å². The SMILES string of the molecule is Cc1noc(Cc2ccccc2NC(=O)c2ccc(Br)o2)n1. The van der Waals surface area contributed by atoms with E-state index in [1.54, 1.807) is 19.1 Å². The molecule has 0 bridgehead atoms. The van der Waals surface area contributed by atoms with Gasteiger partial charge in [-0.3, -0.25) is 4.79 Å². The van der Waals surface area contributed by atoms with Crippen LogP contribution in [0.3, 0.4) is 0 Å². The van der Waals surface area contributed by atoms with Gasteiger partial charge >= 0.3 is 0 Å². The number of para-hydroxylation sites is 1. The lowest BCUT2D eigenvalue weighted by Crippen LogP contribution is -2.12. The van der Waals surface area contributed by atoms with E-state index in [0.717, 1.165) is 5.56 Å². The van der Waals surface area contributed by atoms with Crippen molar-refractivity contribution in [3.8, 4) is 0 Å². The molecular weight excluding hydrogens is 350 g/mol. The molecule has 0 atom stereocenters. The average molecular weight is 362 g/mol. The summed E-state index contributed by atoms with van der Waals surface area (Å²) in [6.45, 7) is 1.76. The Balaban J connectivity index is 1.80. The Morgan fingerprint density at radius 2 is 2.09 bits per heavy atom. The molecule has 0 unspecified atom stereocenters. The van der Waals surface area contributed by atoms with Gasteiger partial charge in [0.2, 0.25) is 5.89 Å². The molecule has 2 aromatic heterocycles. The van der Waals surface area contributed by atoms with E-state index < -0.39 is 0 Å². The van der Waals surface area contributed by atoms with Gasteiger partial charge in [0.1, 0.15) is 0 Å². The first-order chi connectivity index (χ1) is 10.6. The van der Waals surface area contributed by atoms with Gasteiger partial charge in [0.05, 0.1) is 6.42 Å². The molecule has 112 valence electrons. The number of halogens is 1. The van der Waals surface area contributed by atoms with Gasteiger partial charge in [-0.2, -0.15) is 4.98 Å². The Kier molecular flexibility index (Phi) is 4.06. The molecule has 1 N–H and O–H groups in total. The van der Waals surface area contributed by atoms with Crippen LogP contribution in [0.15, 0.2) is 50.0 Å². The highest BCUT2D eigenvalue weighted by molar-refractivity contribution is 9.10. The third kappa shape index (κ3) is 3.25. The summed E-state index contributed by atoms with van der Waals surface area (Å²) in [5.74, 6) is 0.993. The molecule has 3 aromatic rings. The maximum absolute atomic E-state index is 12.2. The summed E-state index contributed by atoms with van der Waals surface area (Å²) in [6, 6.07) is 10.7. The highest BCUT2D eigenvalue weighted by Crippen LogP contribution is 2.21. The number of aryl methyl sites for hydroxylation is 1. The van der Waals surface area contributed by atoms with E-state index in [1.165, 1.54) is 0 Å². The molecule has 1 amide bonds. The fraction of sp³-hybridized carbons (Fsp3) is 0.133. The highest BCUT2D eigenvalue weighted by atomic mass is 79.9. The van der Waals surface area contributed by atoms with Crippen LogP contribution in [0.2, 0.25) is 0 Å². The first-order valence-electron chi connectivity index (χ1n) is 6.55. The zero-order valence-corrected chi connectivity index (χ0v) is 13.3.